The monoisotopic (exact) mass is 395 g/mol. The summed E-state index contributed by atoms with van der Waals surface area (Å²) in [5.74, 6) is -0.672. The van der Waals surface area contributed by atoms with Crippen molar-refractivity contribution in [2.45, 2.75) is 45.7 Å². The van der Waals surface area contributed by atoms with E-state index < -0.39 is 32.3 Å². The lowest BCUT2D eigenvalue weighted by molar-refractivity contribution is -0.129. The number of nitrogens with one attached hydrogen (secondary N) is 1. The zero-order valence-electron chi connectivity index (χ0n) is 15.3. The lowest BCUT2D eigenvalue weighted by Gasteiger charge is -2.27. The van der Waals surface area contributed by atoms with E-state index in [0.29, 0.717) is 30.6 Å². The maximum Gasteiger partial charge on any atom is 0.500 e. The van der Waals surface area contributed by atoms with Crippen LogP contribution in [0.3, 0.4) is 0 Å². The fourth-order valence-corrected chi connectivity index (χ4v) is 4.82. The van der Waals surface area contributed by atoms with Gasteiger partial charge in [0.1, 0.15) is 5.54 Å². The van der Waals surface area contributed by atoms with Crippen molar-refractivity contribution >= 4 is 38.6 Å². The molecule has 0 aromatic carbocycles. The van der Waals surface area contributed by atoms with Crippen LogP contribution < -0.4 is 5.32 Å². The van der Waals surface area contributed by atoms with Crippen molar-refractivity contribution in [3.05, 3.63) is 0 Å². The van der Waals surface area contributed by atoms with Gasteiger partial charge in [-0.2, -0.15) is 4.90 Å². The highest BCUT2D eigenvalue weighted by atomic mass is 35.5. The van der Waals surface area contributed by atoms with Gasteiger partial charge in [0, 0.05) is 44.7 Å². The van der Waals surface area contributed by atoms with Gasteiger partial charge in [-0.1, -0.05) is 0 Å². The molecular weight excluding hydrogens is 370 g/mol. The molecule has 5 amide bonds. The number of hydrogen-bond donors (Lipinski definition) is 1. The Balaban J connectivity index is 2.57. The molecule has 1 heterocycles. The molecule has 0 aliphatic carbocycles. The number of imide groups is 3. The van der Waals surface area contributed by atoms with Crippen molar-refractivity contribution in [2.24, 2.45) is 0 Å². The minimum atomic E-state index is -2.76. The Morgan fingerprint density at radius 2 is 1.80 bits per heavy atom. The predicted octanol–water partition coefficient (Wildman–Crippen LogP) is 1.94. The Bertz CT molecular complexity index is 513. The number of rotatable bonds is 9. The van der Waals surface area contributed by atoms with Crippen molar-refractivity contribution < 1.29 is 27.7 Å². The van der Waals surface area contributed by atoms with Gasteiger partial charge in [0.15, 0.2) is 0 Å². The van der Waals surface area contributed by atoms with Crippen LogP contribution in [0.25, 0.3) is 0 Å². The lowest BCUT2D eigenvalue weighted by atomic mass is 10.1. The highest BCUT2D eigenvalue weighted by molar-refractivity contribution is 6.60. The SMILES string of the molecule is CCO[Si](CCCNC(=O)N1C(=O)N(Cl)C(C)(C)C1=O)(OC)OCC. The van der Waals surface area contributed by atoms with Crippen LogP contribution in [0.15, 0.2) is 0 Å². The van der Waals surface area contributed by atoms with Gasteiger partial charge >= 0.3 is 20.9 Å². The van der Waals surface area contributed by atoms with Crippen LogP contribution in [0.2, 0.25) is 6.04 Å². The van der Waals surface area contributed by atoms with Crippen LogP contribution in [-0.4, -0.2) is 68.5 Å². The molecule has 0 atom stereocenters. The van der Waals surface area contributed by atoms with Gasteiger partial charge in [0.05, 0.1) is 0 Å². The summed E-state index contributed by atoms with van der Waals surface area (Å²) in [6.45, 7) is 7.80. The summed E-state index contributed by atoms with van der Waals surface area (Å²) in [6.07, 6.45) is 0.510. The van der Waals surface area contributed by atoms with Crippen molar-refractivity contribution in [3.8, 4) is 0 Å². The van der Waals surface area contributed by atoms with Gasteiger partial charge in [-0.25, -0.2) is 14.0 Å². The van der Waals surface area contributed by atoms with E-state index in [0.717, 1.165) is 4.42 Å². The molecule has 1 N–H and O–H groups in total. The van der Waals surface area contributed by atoms with Crippen molar-refractivity contribution in [3.63, 3.8) is 0 Å². The number of hydrogen-bond acceptors (Lipinski definition) is 6. The van der Waals surface area contributed by atoms with Gasteiger partial charge < -0.3 is 18.6 Å². The van der Waals surface area contributed by atoms with E-state index in [1.165, 1.54) is 21.0 Å². The van der Waals surface area contributed by atoms with E-state index >= 15 is 0 Å². The van der Waals surface area contributed by atoms with Crippen LogP contribution >= 0.6 is 11.8 Å². The molecule has 1 saturated heterocycles. The molecule has 11 heteroatoms. The normalized spacial score (nSPS) is 17.4. The quantitative estimate of drug-likeness (QED) is 0.277. The first-order chi connectivity index (χ1) is 11.7. The van der Waals surface area contributed by atoms with Crippen LogP contribution in [0.4, 0.5) is 9.59 Å². The first kappa shape index (κ1) is 21.8. The van der Waals surface area contributed by atoms with Crippen LogP contribution in [0, 0.1) is 0 Å². The Hall–Kier alpha value is -1.20. The molecule has 0 aromatic rings. The molecule has 0 aromatic heterocycles. The largest absolute Gasteiger partial charge is 0.500 e. The molecule has 1 aliphatic rings. The minimum absolute atomic E-state index is 0.233. The van der Waals surface area contributed by atoms with Gasteiger partial charge in [-0.15, -0.1) is 0 Å². The average Bonchev–Trinajstić information content (AvgIpc) is 2.72. The summed E-state index contributed by atoms with van der Waals surface area (Å²) in [5, 5.41) is 2.54. The Morgan fingerprint density at radius 1 is 1.24 bits per heavy atom. The summed E-state index contributed by atoms with van der Waals surface area (Å²) in [7, 11) is -1.23. The third-order valence-corrected chi connectivity index (χ3v) is 7.37. The number of carbonyl (C=O) groups is 3. The van der Waals surface area contributed by atoms with Crippen LogP contribution in [0.5, 0.6) is 0 Å². The molecule has 0 spiro atoms. The second kappa shape index (κ2) is 8.95. The first-order valence-electron chi connectivity index (χ1n) is 8.12. The topological polar surface area (TPSA) is 97.4 Å². The molecule has 9 nitrogen and oxygen atoms in total. The summed E-state index contributed by atoms with van der Waals surface area (Å²) in [6, 6.07) is -1.16. The van der Waals surface area contributed by atoms with E-state index in [1.807, 2.05) is 13.8 Å². The van der Waals surface area contributed by atoms with E-state index in [9.17, 15) is 14.4 Å². The summed E-state index contributed by atoms with van der Waals surface area (Å²) in [4.78, 5) is 36.8. The Kier molecular flexibility index (Phi) is 7.81. The molecule has 25 heavy (non-hydrogen) atoms. The number of halogens is 1. The fraction of sp³-hybridized carbons (Fsp3) is 0.786. The molecule has 1 fully saturated rings. The average molecular weight is 396 g/mol. The third kappa shape index (κ3) is 4.70. The maximum absolute atomic E-state index is 12.2. The molecular formula is C14H26ClN3O6Si. The Labute approximate surface area is 154 Å². The summed E-state index contributed by atoms with van der Waals surface area (Å²) < 4.78 is 17.4. The molecule has 1 aliphatic heterocycles. The van der Waals surface area contributed by atoms with E-state index in [4.69, 9.17) is 25.1 Å². The zero-order valence-corrected chi connectivity index (χ0v) is 17.0. The maximum atomic E-state index is 12.2. The molecule has 0 saturated carbocycles. The van der Waals surface area contributed by atoms with Gasteiger partial charge in [-0.3, -0.25) is 4.79 Å². The second-order valence-electron chi connectivity index (χ2n) is 5.85. The molecule has 0 unspecified atom stereocenters. The highest BCUT2D eigenvalue weighted by Crippen LogP contribution is 2.29. The smallest absolute Gasteiger partial charge is 0.377 e. The highest BCUT2D eigenvalue weighted by Gasteiger charge is 2.53. The summed E-state index contributed by atoms with van der Waals surface area (Å²) >= 11 is 5.79. The third-order valence-electron chi connectivity index (χ3n) is 3.76. The standard InChI is InChI=1S/C14H26ClN3O6Si/c1-6-23-25(22-5,24-7-2)10-8-9-16-12(20)17-11(19)14(3,4)18(15)13(17)21/h6-10H2,1-5H3,(H,16,20). The number of amides is 5. The van der Waals surface area contributed by atoms with Gasteiger partial charge in [-0.05, 0) is 34.1 Å². The first-order valence-corrected chi connectivity index (χ1v) is 10.4. The zero-order chi connectivity index (χ0) is 19.3. The number of urea groups is 2. The predicted molar refractivity (Wildman–Crippen MR) is 92.9 cm³/mol. The van der Waals surface area contributed by atoms with E-state index in [-0.39, 0.29) is 6.54 Å². The van der Waals surface area contributed by atoms with Crippen LogP contribution in [0.1, 0.15) is 34.1 Å². The molecule has 0 radical (unpaired) electrons. The fourth-order valence-electron chi connectivity index (χ4n) is 2.38. The summed E-state index contributed by atoms with van der Waals surface area (Å²) in [5.41, 5.74) is -1.27. The van der Waals surface area contributed by atoms with Crippen LogP contribution in [-0.2, 0) is 18.1 Å². The lowest BCUT2D eigenvalue weighted by Crippen LogP contribution is -2.47. The minimum Gasteiger partial charge on any atom is -0.377 e. The van der Waals surface area contributed by atoms with E-state index in [2.05, 4.69) is 5.32 Å². The molecule has 144 valence electrons. The van der Waals surface area contributed by atoms with Gasteiger partial charge in [0.25, 0.3) is 5.91 Å². The number of carbonyl (C=O) groups excluding carboxylic acids is 3. The van der Waals surface area contributed by atoms with Crippen molar-refractivity contribution in [2.75, 3.05) is 26.9 Å². The van der Waals surface area contributed by atoms with Crippen molar-refractivity contribution in [1.29, 1.82) is 0 Å². The van der Waals surface area contributed by atoms with Gasteiger partial charge in [0.2, 0.25) is 0 Å². The molecule has 1 rings (SSSR count). The molecule has 0 bridgehead atoms. The van der Waals surface area contributed by atoms with Crippen molar-refractivity contribution in [1.82, 2.24) is 14.6 Å². The second-order valence-corrected chi connectivity index (χ2v) is 9.04. The Morgan fingerprint density at radius 3 is 2.20 bits per heavy atom. The number of nitrogens with zero attached hydrogens (tertiary/aromatic N) is 2. The van der Waals surface area contributed by atoms with E-state index in [1.54, 1.807) is 0 Å².